The van der Waals surface area contributed by atoms with E-state index in [4.69, 9.17) is 0 Å². The van der Waals surface area contributed by atoms with E-state index < -0.39 is 0 Å². The number of aromatic nitrogens is 1. The maximum Gasteiger partial charge on any atom is 0.187 e. The lowest BCUT2D eigenvalue weighted by Crippen LogP contribution is -1.97. The molecule has 88 valence electrons. The van der Waals surface area contributed by atoms with Crippen LogP contribution in [-0.4, -0.2) is 10.8 Å². The number of rotatable bonds is 3. The van der Waals surface area contributed by atoms with Crippen molar-refractivity contribution in [1.29, 1.82) is 0 Å². The summed E-state index contributed by atoms with van der Waals surface area (Å²) in [4.78, 5) is 15.4. The van der Waals surface area contributed by atoms with Crippen LogP contribution in [-0.2, 0) is 0 Å². The van der Waals surface area contributed by atoms with Crippen molar-refractivity contribution >= 4 is 27.9 Å². The topological polar surface area (TPSA) is 42.0 Å². The van der Waals surface area contributed by atoms with Crippen LogP contribution in [0, 0.1) is 13.8 Å². The highest BCUT2D eigenvalue weighted by molar-refractivity contribution is 7.14. The molecule has 3 nitrogen and oxygen atoms in total. The molecule has 0 bridgehead atoms. The number of para-hydroxylation sites is 1. The maximum absolute atomic E-state index is 11.2. The molecule has 0 spiro atoms. The van der Waals surface area contributed by atoms with Crippen molar-refractivity contribution in [3.63, 3.8) is 0 Å². The lowest BCUT2D eigenvalue weighted by atomic mass is 10.1. The summed E-state index contributed by atoms with van der Waals surface area (Å²) in [5, 5.41) is 5.80. The molecule has 0 amide bonds. The van der Waals surface area contributed by atoms with E-state index in [2.05, 4.69) is 36.3 Å². The van der Waals surface area contributed by atoms with E-state index in [9.17, 15) is 4.79 Å². The lowest BCUT2D eigenvalue weighted by Gasteiger charge is -2.09. The van der Waals surface area contributed by atoms with Gasteiger partial charge in [-0.05, 0) is 25.0 Å². The quantitative estimate of drug-likeness (QED) is 0.839. The molecule has 1 aromatic heterocycles. The van der Waals surface area contributed by atoms with Crippen molar-refractivity contribution in [2.24, 2.45) is 0 Å². The Morgan fingerprint density at radius 1 is 1.29 bits per heavy atom. The molecule has 0 radical (unpaired) electrons. The second-order valence-electron chi connectivity index (χ2n) is 3.99. The van der Waals surface area contributed by atoms with Crippen molar-refractivity contribution in [3.8, 4) is 0 Å². The zero-order chi connectivity index (χ0) is 12.4. The maximum atomic E-state index is 11.2. The van der Waals surface area contributed by atoms with Crippen LogP contribution in [0.3, 0.4) is 0 Å². The third kappa shape index (κ3) is 2.53. The largest absolute Gasteiger partial charge is 0.331 e. The predicted molar refractivity (Wildman–Crippen MR) is 71.3 cm³/mol. The van der Waals surface area contributed by atoms with Gasteiger partial charge in [-0.15, -0.1) is 11.3 Å². The van der Waals surface area contributed by atoms with Crippen LogP contribution in [0.4, 0.5) is 10.8 Å². The summed E-state index contributed by atoms with van der Waals surface area (Å²) in [5.41, 5.74) is 3.93. The first-order valence-corrected chi connectivity index (χ1v) is 6.25. The normalized spacial score (nSPS) is 10.3. The summed E-state index contributed by atoms with van der Waals surface area (Å²) < 4.78 is 0. The zero-order valence-corrected chi connectivity index (χ0v) is 10.9. The highest BCUT2D eigenvalue weighted by atomic mass is 32.1. The van der Waals surface area contributed by atoms with Crippen LogP contribution in [0.1, 0.15) is 28.5 Å². The molecule has 0 aliphatic carbocycles. The number of ketones is 1. The van der Waals surface area contributed by atoms with Crippen molar-refractivity contribution in [3.05, 3.63) is 40.4 Å². The number of benzene rings is 1. The van der Waals surface area contributed by atoms with Crippen LogP contribution in [0.25, 0.3) is 0 Å². The van der Waals surface area contributed by atoms with Gasteiger partial charge in [0.15, 0.2) is 10.9 Å². The SMILES string of the molecule is CC(=O)c1csc(Nc2c(C)cccc2C)n1. The number of nitrogens with zero attached hydrogens (tertiary/aromatic N) is 1. The number of anilines is 2. The molecule has 2 aromatic rings. The van der Waals surface area contributed by atoms with Crippen molar-refractivity contribution in [2.75, 3.05) is 5.32 Å². The van der Waals surface area contributed by atoms with Gasteiger partial charge < -0.3 is 5.32 Å². The smallest absolute Gasteiger partial charge is 0.187 e. The van der Waals surface area contributed by atoms with E-state index in [0.29, 0.717) is 5.69 Å². The molecule has 17 heavy (non-hydrogen) atoms. The minimum absolute atomic E-state index is 0.00388. The van der Waals surface area contributed by atoms with E-state index in [-0.39, 0.29) is 5.78 Å². The van der Waals surface area contributed by atoms with Crippen molar-refractivity contribution < 1.29 is 4.79 Å². The first kappa shape index (κ1) is 11.8. The highest BCUT2D eigenvalue weighted by Crippen LogP contribution is 2.26. The van der Waals surface area contributed by atoms with Gasteiger partial charge >= 0.3 is 0 Å². The summed E-state index contributed by atoms with van der Waals surface area (Å²) in [6.45, 7) is 5.63. The Hall–Kier alpha value is -1.68. The molecule has 1 N–H and O–H groups in total. The third-order valence-electron chi connectivity index (χ3n) is 2.58. The van der Waals surface area contributed by atoms with Gasteiger partial charge in [0, 0.05) is 18.0 Å². The van der Waals surface area contributed by atoms with Gasteiger partial charge in [0.1, 0.15) is 5.69 Å². The molecule has 0 atom stereocenters. The Balaban J connectivity index is 2.28. The van der Waals surface area contributed by atoms with Crippen LogP contribution in [0.15, 0.2) is 23.6 Å². The average Bonchev–Trinajstić information content (AvgIpc) is 2.72. The van der Waals surface area contributed by atoms with Gasteiger partial charge in [-0.25, -0.2) is 4.98 Å². The van der Waals surface area contributed by atoms with Gasteiger partial charge in [0.2, 0.25) is 0 Å². The second-order valence-corrected chi connectivity index (χ2v) is 4.84. The number of aryl methyl sites for hydroxylation is 2. The van der Waals surface area contributed by atoms with Crippen molar-refractivity contribution in [1.82, 2.24) is 4.98 Å². The lowest BCUT2D eigenvalue weighted by molar-refractivity contribution is 0.101. The second kappa shape index (κ2) is 4.67. The molecule has 1 aromatic carbocycles. The minimum atomic E-state index is -0.00388. The molecular weight excluding hydrogens is 232 g/mol. The van der Waals surface area contributed by atoms with Crippen molar-refractivity contribution in [2.45, 2.75) is 20.8 Å². The number of carbonyl (C=O) groups excluding carboxylic acids is 1. The zero-order valence-electron chi connectivity index (χ0n) is 10.1. The summed E-state index contributed by atoms with van der Waals surface area (Å²) in [6, 6.07) is 6.13. The fraction of sp³-hybridized carbons (Fsp3) is 0.231. The molecule has 1 heterocycles. The Bertz CT molecular complexity index is 540. The standard InChI is InChI=1S/C13H14N2OS/c1-8-5-4-6-9(2)12(8)15-13-14-11(7-17-13)10(3)16/h4-7H,1-3H3,(H,14,15). The van der Waals surface area contributed by atoms with E-state index >= 15 is 0 Å². The highest BCUT2D eigenvalue weighted by Gasteiger charge is 2.08. The predicted octanol–water partition coefficient (Wildman–Crippen LogP) is 3.71. The van der Waals surface area contributed by atoms with Crippen LogP contribution in [0.2, 0.25) is 0 Å². The van der Waals surface area contributed by atoms with Gasteiger partial charge in [-0.3, -0.25) is 4.79 Å². The molecule has 0 saturated heterocycles. The molecule has 4 heteroatoms. The molecule has 0 fully saturated rings. The molecule has 2 rings (SSSR count). The Kier molecular flexibility index (Phi) is 3.24. The average molecular weight is 246 g/mol. The number of Topliss-reactive ketones (excluding diaryl/α,β-unsaturated/α-hetero) is 1. The van der Waals surface area contributed by atoms with Crippen LogP contribution < -0.4 is 5.32 Å². The molecular formula is C13H14N2OS. The summed E-state index contributed by atoms with van der Waals surface area (Å²) in [6.07, 6.45) is 0. The fourth-order valence-electron chi connectivity index (χ4n) is 1.61. The number of hydrogen-bond donors (Lipinski definition) is 1. The molecule has 0 aliphatic rings. The third-order valence-corrected chi connectivity index (χ3v) is 3.34. The van der Waals surface area contributed by atoms with E-state index in [1.54, 1.807) is 5.38 Å². The minimum Gasteiger partial charge on any atom is -0.331 e. The van der Waals surface area contributed by atoms with Crippen LogP contribution >= 0.6 is 11.3 Å². The van der Waals surface area contributed by atoms with Gasteiger partial charge in [-0.2, -0.15) is 0 Å². The summed E-state index contributed by atoms with van der Waals surface area (Å²) in [7, 11) is 0. The first-order chi connectivity index (χ1) is 8.08. The number of hydrogen-bond acceptors (Lipinski definition) is 4. The van der Waals surface area contributed by atoms with Gasteiger partial charge in [0.05, 0.1) is 0 Å². The Morgan fingerprint density at radius 2 is 1.94 bits per heavy atom. The number of nitrogens with one attached hydrogen (secondary N) is 1. The first-order valence-electron chi connectivity index (χ1n) is 5.37. The van der Waals surface area contributed by atoms with E-state index in [1.165, 1.54) is 29.4 Å². The monoisotopic (exact) mass is 246 g/mol. The van der Waals surface area contributed by atoms with E-state index in [0.717, 1.165) is 10.8 Å². The molecule has 0 saturated carbocycles. The van der Waals surface area contributed by atoms with Gasteiger partial charge in [-0.1, -0.05) is 18.2 Å². The summed E-state index contributed by atoms with van der Waals surface area (Å²) >= 11 is 1.45. The summed E-state index contributed by atoms with van der Waals surface area (Å²) in [5.74, 6) is -0.00388. The fourth-order valence-corrected chi connectivity index (χ4v) is 2.37. The Labute approximate surface area is 105 Å². The molecule has 0 aliphatic heterocycles. The molecule has 0 unspecified atom stereocenters. The van der Waals surface area contributed by atoms with Gasteiger partial charge in [0.25, 0.3) is 0 Å². The number of carbonyl (C=O) groups is 1. The number of thiazole rings is 1. The Morgan fingerprint density at radius 3 is 2.47 bits per heavy atom. The van der Waals surface area contributed by atoms with Crippen LogP contribution in [0.5, 0.6) is 0 Å². The van der Waals surface area contributed by atoms with E-state index in [1.807, 2.05) is 6.07 Å².